The zero-order chi connectivity index (χ0) is 4.28. The maximum atomic E-state index is 9.22. The molecule has 38 valence electrons. The molecule has 0 aliphatic heterocycles. The molecule has 6 heavy (non-hydrogen) atoms. The van der Waals surface area contributed by atoms with Gasteiger partial charge in [0.2, 0.25) is 0 Å². The standard InChI is InChI=1S/CCl2O2.ClH/c2-1(4)5-3;/h;1H. The number of carbonyl (C=O) groups excluding carboxylic acids is 1. The molecule has 0 aliphatic rings. The summed E-state index contributed by atoms with van der Waals surface area (Å²) < 4.78 is 3.35. The van der Waals surface area contributed by atoms with Crippen LogP contribution in [-0.2, 0) is 4.29 Å². The van der Waals surface area contributed by atoms with E-state index in [2.05, 4.69) is 27.8 Å². The molecule has 0 bridgehead atoms. The Bertz CT molecular complexity index is 44.1. The molecule has 0 rings (SSSR count). The third-order valence-corrected chi connectivity index (χ3v) is 0.357. The Labute approximate surface area is 50.9 Å². The quantitative estimate of drug-likeness (QED) is 0.495. The van der Waals surface area contributed by atoms with Crippen LogP contribution in [0, 0.1) is 0 Å². The van der Waals surface area contributed by atoms with E-state index in [4.69, 9.17) is 0 Å². The van der Waals surface area contributed by atoms with Gasteiger partial charge >= 0.3 is 5.43 Å². The summed E-state index contributed by atoms with van der Waals surface area (Å²) in [5.74, 6) is 0. The van der Waals surface area contributed by atoms with E-state index in [1.165, 1.54) is 0 Å². The van der Waals surface area contributed by atoms with Crippen molar-refractivity contribution in [1.82, 2.24) is 0 Å². The molecule has 0 amide bonds. The van der Waals surface area contributed by atoms with Gasteiger partial charge in [-0.25, -0.2) is 4.79 Å². The Hall–Kier alpha value is 0.340. The Morgan fingerprint density at radius 2 is 1.83 bits per heavy atom. The molecule has 0 atom stereocenters. The third-order valence-electron chi connectivity index (χ3n) is 0.0607. The van der Waals surface area contributed by atoms with Crippen LogP contribution in [0.25, 0.3) is 0 Å². The second-order valence-corrected chi connectivity index (χ2v) is 0.778. The van der Waals surface area contributed by atoms with Crippen molar-refractivity contribution >= 4 is 41.3 Å². The van der Waals surface area contributed by atoms with E-state index in [1.54, 1.807) is 0 Å². The molecule has 0 aliphatic carbocycles. The largest absolute Gasteiger partial charge is 0.421 e. The van der Waals surface area contributed by atoms with Gasteiger partial charge in [0, 0.05) is 11.6 Å². The highest BCUT2D eigenvalue weighted by Gasteiger charge is 1.84. The van der Waals surface area contributed by atoms with Crippen LogP contribution in [0.4, 0.5) is 4.79 Å². The van der Waals surface area contributed by atoms with E-state index < -0.39 is 5.43 Å². The highest BCUT2D eigenvalue weighted by atomic mass is 35.5. The van der Waals surface area contributed by atoms with Crippen LogP contribution < -0.4 is 0 Å². The number of halogens is 3. The lowest BCUT2D eigenvalue weighted by molar-refractivity contribution is 0.230. The number of hydrogen-bond donors (Lipinski definition) is 0. The minimum Gasteiger partial charge on any atom is -0.334 e. The van der Waals surface area contributed by atoms with Crippen LogP contribution in [0.3, 0.4) is 0 Å². The van der Waals surface area contributed by atoms with Crippen LogP contribution in [0.5, 0.6) is 0 Å². The number of hydrogen-bond acceptors (Lipinski definition) is 2. The zero-order valence-corrected chi connectivity index (χ0v) is 4.81. The van der Waals surface area contributed by atoms with Gasteiger partial charge in [-0.3, -0.25) is 0 Å². The lowest BCUT2D eigenvalue weighted by Gasteiger charge is -1.71. The summed E-state index contributed by atoms with van der Waals surface area (Å²) in [6.45, 7) is 0. The first-order valence-corrected chi connectivity index (χ1v) is 1.44. The Morgan fingerprint density at radius 1 is 1.67 bits per heavy atom. The molecule has 0 saturated heterocycles. The van der Waals surface area contributed by atoms with Crippen LogP contribution in [-0.4, -0.2) is 5.43 Å². The van der Waals surface area contributed by atoms with Crippen LogP contribution in [0.1, 0.15) is 0 Å². The fourth-order valence-corrected chi connectivity index (χ4v) is 0. The van der Waals surface area contributed by atoms with E-state index >= 15 is 0 Å². The molecule has 0 N–H and O–H groups in total. The van der Waals surface area contributed by atoms with Crippen LogP contribution in [0.2, 0.25) is 0 Å². The monoisotopic (exact) mass is 150 g/mol. The summed E-state index contributed by atoms with van der Waals surface area (Å²) in [4.78, 5) is 9.22. The molecule has 0 heterocycles. The van der Waals surface area contributed by atoms with E-state index in [-0.39, 0.29) is 12.4 Å². The summed E-state index contributed by atoms with van der Waals surface area (Å²) in [5, 5.41) is 0. The highest BCUT2D eigenvalue weighted by molar-refractivity contribution is 6.62. The summed E-state index contributed by atoms with van der Waals surface area (Å²) in [6, 6.07) is 0. The first-order chi connectivity index (χ1) is 2.27. The van der Waals surface area contributed by atoms with Gasteiger partial charge in [-0.15, -0.1) is 12.4 Å². The van der Waals surface area contributed by atoms with Gasteiger partial charge in [-0.1, -0.05) is 0 Å². The van der Waals surface area contributed by atoms with E-state index in [0.29, 0.717) is 0 Å². The lowest BCUT2D eigenvalue weighted by atomic mass is 11.6. The van der Waals surface area contributed by atoms with Crippen molar-refractivity contribution in [2.24, 2.45) is 0 Å². The van der Waals surface area contributed by atoms with E-state index in [9.17, 15) is 4.79 Å². The van der Waals surface area contributed by atoms with E-state index in [1.807, 2.05) is 0 Å². The summed E-state index contributed by atoms with van der Waals surface area (Å²) in [5.41, 5.74) is -1.01. The SMILES string of the molecule is Cl.O=C(Cl)OCl. The molecular weight excluding hydrogens is 150 g/mol. The normalized spacial score (nSPS) is 5.67. The molecule has 0 unspecified atom stereocenters. The molecule has 0 spiro atoms. The summed E-state index contributed by atoms with van der Waals surface area (Å²) in [6.07, 6.45) is 0. The molecule has 0 fully saturated rings. The third kappa shape index (κ3) is 8.84. The molecule has 0 aromatic carbocycles. The van der Waals surface area contributed by atoms with Crippen molar-refractivity contribution < 1.29 is 9.08 Å². The molecule has 5 heteroatoms. The lowest BCUT2D eigenvalue weighted by Crippen LogP contribution is -1.72. The fourth-order valence-electron chi connectivity index (χ4n) is 0. The highest BCUT2D eigenvalue weighted by Crippen LogP contribution is 1.87. The average molecular weight is 151 g/mol. The minimum absolute atomic E-state index is 0. The molecular formula is CHCl3O2. The van der Waals surface area contributed by atoms with Crippen molar-refractivity contribution in [2.45, 2.75) is 0 Å². The minimum atomic E-state index is -1.01. The average Bonchev–Trinajstić information content (AvgIpc) is 1.38. The topological polar surface area (TPSA) is 26.3 Å². The van der Waals surface area contributed by atoms with Crippen molar-refractivity contribution in [3.8, 4) is 0 Å². The maximum absolute atomic E-state index is 9.22. The predicted octanol–water partition coefficient (Wildman–Crippen LogP) is 1.94. The Morgan fingerprint density at radius 3 is 1.83 bits per heavy atom. The summed E-state index contributed by atoms with van der Waals surface area (Å²) in [7, 11) is 0. The first-order valence-electron chi connectivity index (χ1n) is 0.752. The smallest absolute Gasteiger partial charge is 0.334 e. The molecule has 2 nitrogen and oxygen atoms in total. The molecule has 0 saturated carbocycles. The predicted molar refractivity (Wildman–Crippen MR) is 25.4 cm³/mol. The fraction of sp³-hybridized carbons (Fsp3) is 0. The first kappa shape index (κ1) is 9.60. The van der Waals surface area contributed by atoms with Gasteiger partial charge in [0.05, 0.1) is 0 Å². The molecule has 0 radical (unpaired) electrons. The van der Waals surface area contributed by atoms with Gasteiger partial charge < -0.3 is 4.29 Å². The second-order valence-electron chi connectivity index (χ2n) is 0.315. The van der Waals surface area contributed by atoms with Crippen LogP contribution in [0.15, 0.2) is 0 Å². The molecule has 0 aromatic rings. The van der Waals surface area contributed by atoms with Gasteiger partial charge in [0.25, 0.3) is 0 Å². The molecule has 0 aromatic heterocycles. The maximum Gasteiger partial charge on any atom is 0.421 e. The second kappa shape index (κ2) is 5.34. The number of rotatable bonds is 0. The Balaban J connectivity index is 0. The number of carbonyl (C=O) groups is 1. The van der Waals surface area contributed by atoms with Crippen molar-refractivity contribution in [2.75, 3.05) is 0 Å². The van der Waals surface area contributed by atoms with E-state index in [0.717, 1.165) is 0 Å². The Kier molecular flexibility index (Phi) is 8.54. The zero-order valence-electron chi connectivity index (χ0n) is 2.48. The summed E-state index contributed by atoms with van der Waals surface area (Å²) >= 11 is 8.82. The van der Waals surface area contributed by atoms with Crippen molar-refractivity contribution in [3.63, 3.8) is 0 Å². The van der Waals surface area contributed by atoms with Gasteiger partial charge in [-0.2, -0.15) is 0 Å². The van der Waals surface area contributed by atoms with Gasteiger partial charge in [0.15, 0.2) is 0 Å². The van der Waals surface area contributed by atoms with Gasteiger partial charge in [0.1, 0.15) is 11.9 Å². The van der Waals surface area contributed by atoms with Gasteiger partial charge in [-0.05, 0) is 0 Å². The van der Waals surface area contributed by atoms with Crippen molar-refractivity contribution in [3.05, 3.63) is 0 Å². The van der Waals surface area contributed by atoms with Crippen molar-refractivity contribution in [1.29, 1.82) is 0 Å². The van der Waals surface area contributed by atoms with Crippen LogP contribution >= 0.6 is 35.9 Å².